The first kappa shape index (κ1) is 16.6. The highest BCUT2D eigenvalue weighted by molar-refractivity contribution is 5.75. The van der Waals surface area contributed by atoms with Crippen LogP contribution in [0.4, 0.5) is 0 Å². The maximum absolute atomic E-state index is 12.8. The molecular weight excluding hydrogens is 314 g/mol. The molecule has 3 heterocycles. The second kappa shape index (κ2) is 5.69. The molecule has 0 N–H and O–H groups in total. The lowest BCUT2D eigenvalue weighted by molar-refractivity contribution is -0.149. The maximum atomic E-state index is 12.8. The lowest BCUT2D eigenvalue weighted by Gasteiger charge is -2.45. The van der Waals surface area contributed by atoms with Crippen molar-refractivity contribution in [1.82, 2.24) is 4.90 Å². The van der Waals surface area contributed by atoms with Crippen molar-refractivity contribution in [2.45, 2.75) is 70.7 Å². The highest BCUT2D eigenvalue weighted by Crippen LogP contribution is 2.61. The quantitative estimate of drug-likeness (QED) is 0.569. The Morgan fingerprint density at radius 2 is 1.92 bits per heavy atom. The molecule has 0 aromatic heterocycles. The van der Waals surface area contributed by atoms with Gasteiger partial charge in [-0.2, -0.15) is 0 Å². The van der Waals surface area contributed by atoms with E-state index in [2.05, 4.69) is 25.7 Å². The van der Waals surface area contributed by atoms with Gasteiger partial charge in [-0.3, -0.25) is 4.79 Å². The van der Waals surface area contributed by atoms with Gasteiger partial charge in [0.25, 0.3) is 0 Å². The topological polar surface area (TPSA) is 42.1 Å². The van der Waals surface area contributed by atoms with Crippen LogP contribution in [0.5, 0.6) is 0 Å². The monoisotopic (exact) mass is 347 g/mol. The Morgan fingerprint density at radius 3 is 2.68 bits per heavy atom. The predicted octanol–water partition coefficient (Wildman–Crippen LogP) is 3.10. The summed E-state index contributed by atoms with van der Waals surface area (Å²) in [6, 6.07) is 0. The Morgan fingerprint density at radius 1 is 1.16 bits per heavy atom. The van der Waals surface area contributed by atoms with Gasteiger partial charge in [-0.15, -0.1) is 0 Å². The van der Waals surface area contributed by atoms with Crippen LogP contribution in [0.15, 0.2) is 0 Å². The first-order valence-corrected chi connectivity index (χ1v) is 10.6. The predicted molar refractivity (Wildman–Crippen MR) is 95.0 cm³/mol. The molecule has 8 unspecified atom stereocenters. The van der Waals surface area contributed by atoms with E-state index in [1.807, 2.05) is 0 Å². The zero-order valence-electron chi connectivity index (χ0n) is 15.9. The van der Waals surface area contributed by atoms with Crippen molar-refractivity contribution in [3.8, 4) is 0 Å². The van der Waals surface area contributed by atoms with Gasteiger partial charge in [0.1, 0.15) is 6.10 Å². The summed E-state index contributed by atoms with van der Waals surface area (Å²) in [5.74, 6) is 3.24. The molecule has 25 heavy (non-hydrogen) atoms. The lowest BCUT2D eigenvalue weighted by atomic mass is 9.58. The van der Waals surface area contributed by atoms with E-state index in [1.54, 1.807) is 0 Å². The van der Waals surface area contributed by atoms with Crippen molar-refractivity contribution in [3.05, 3.63) is 0 Å². The standard InChI is InChI=1S/C21H33NO3/c1-12-5-8-22(9-6-12)11-16-15-10-13(2)14-4-7-21(3)19(25-21)17(14)18(15)24-20(16)23/h12-19H,4-11H2,1-3H3. The fourth-order valence-corrected chi connectivity index (χ4v) is 6.60. The number of hydrogen-bond donors (Lipinski definition) is 0. The molecule has 0 aromatic rings. The average Bonchev–Trinajstić information content (AvgIpc) is 3.19. The largest absolute Gasteiger partial charge is 0.461 e. The van der Waals surface area contributed by atoms with Crippen molar-refractivity contribution < 1.29 is 14.3 Å². The molecular formula is C21H33NO3. The number of carbonyl (C=O) groups excluding carboxylic acids is 1. The number of epoxide rings is 1. The van der Waals surface area contributed by atoms with E-state index >= 15 is 0 Å². The van der Waals surface area contributed by atoms with E-state index in [4.69, 9.17) is 9.47 Å². The third-order valence-electron chi connectivity index (χ3n) is 8.34. The Bertz CT molecular complexity index is 557. The van der Waals surface area contributed by atoms with E-state index < -0.39 is 0 Å². The highest BCUT2D eigenvalue weighted by Gasteiger charge is 2.67. The molecule has 5 fully saturated rings. The fraction of sp³-hybridized carbons (Fsp3) is 0.952. The zero-order valence-corrected chi connectivity index (χ0v) is 15.9. The molecule has 3 saturated heterocycles. The van der Waals surface area contributed by atoms with Crippen molar-refractivity contribution in [2.75, 3.05) is 19.6 Å². The molecule has 0 radical (unpaired) electrons. The third-order valence-corrected chi connectivity index (χ3v) is 8.34. The Labute approximate surface area is 151 Å². The van der Waals surface area contributed by atoms with Gasteiger partial charge < -0.3 is 14.4 Å². The van der Waals surface area contributed by atoms with Crippen molar-refractivity contribution >= 4 is 5.97 Å². The third kappa shape index (κ3) is 2.58. The van der Waals surface area contributed by atoms with Crippen molar-refractivity contribution in [3.63, 3.8) is 0 Å². The van der Waals surface area contributed by atoms with Crippen LogP contribution in [0.25, 0.3) is 0 Å². The number of esters is 1. The number of piperidine rings is 1. The number of carbonyl (C=O) groups is 1. The highest BCUT2D eigenvalue weighted by atomic mass is 16.6. The minimum absolute atomic E-state index is 0.0781. The average molecular weight is 347 g/mol. The molecule has 140 valence electrons. The van der Waals surface area contributed by atoms with E-state index in [0.29, 0.717) is 29.8 Å². The van der Waals surface area contributed by atoms with Gasteiger partial charge in [0.15, 0.2) is 0 Å². The first-order chi connectivity index (χ1) is 12.0. The van der Waals surface area contributed by atoms with Crippen LogP contribution >= 0.6 is 0 Å². The Hall–Kier alpha value is -0.610. The molecule has 0 bridgehead atoms. The van der Waals surface area contributed by atoms with Gasteiger partial charge in [0.05, 0.1) is 17.6 Å². The summed E-state index contributed by atoms with van der Waals surface area (Å²) >= 11 is 0. The number of fused-ring (bicyclic) bond motifs is 5. The summed E-state index contributed by atoms with van der Waals surface area (Å²) in [6.45, 7) is 10.2. The number of rotatable bonds is 2. The maximum Gasteiger partial charge on any atom is 0.310 e. The van der Waals surface area contributed by atoms with E-state index in [-0.39, 0.29) is 23.6 Å². The minimum atomic E-state index is 0.0781. The molecule has 2 aliphatic carbocycles. The van der Waals surface area contributed by atoms with Gasteiger partial charge in [0, 0.05) is 18.4 Å². The summed E-state index contributed by atoms with van der Waals surface area (Å²) in [7, 11) is 0. The SMILES string of the molecule is CC1CCN(CC2C(=O)OC3C2CC(C)C2CCC4(C)OC4C23)CC1. The van der Waals surface area contributed by atoms with Crippen LogP contribution < -0.4 is 0 Å². The van der Waals surface area contributed by atoms with Gasteiger partial charge in [0.2, 0.25) is 0 Å². The van der Waals surface area contributed by atoms with Gasteiger partial charge >= 0.3 is 5.97 Å². The molecule has 0 spiro atoms. The first-order valence-electron chi connectivity index (χ1n) is 10.6. The molecule has 4 nitrogen and oxygen atoms in total. The molecule has 4 heteroatoms. The Kier molecular flexibility index (Phi) is 3.77. The number of hydrogen-bond acceptors (Lipinski definition) is 4. The number of ether oxygens (including phenoxy) is 2. The van der Waals surface area contributed by atoms with Crippen LogP contribution in [0.1, 0.15) is 52.9 Å². The Balaban J connectivity index is 1.34. The van der Waals surface area contributed by atoms with Crippen LogP contribution in [0.2, 0.25) is 0 Å². The normalized spacial score (nSPS) is 52.9. The van der Waals surface area contributed by atoms with Crippen LogP contribution in [-0.2, 0) is 14.3 Å². The second-order valence-corrected chi connectivity index (χ2v) is 10.00. The van der Waals surface area contributed by atoms with E-state index in [9.17, 15) is 4.79 Å². The molecule has 5 aliphatic rings. The van der Waals surface area contributed by atoms with Crippen LogP contribution in [0.3, 0.4) is 0 Å². The molecule has 0 aromatic carbocycles. The van der Waals surface area contributed by atoms with Gasteiger partial charge in [-0.25, -0.2) is 0 Å². The van der Waals surface area contributed by atoms with Crippen LogP contribution in [-0.4, -0.2) is 48.3 Å². The van der Waals surface area contributed by atoms with E-state index in [0.717, 1.165) is 32.0 Å². The zero-order chi connectivity index (χ0) is 17.3. The summed E-state index contributed by atoms with van der Waals surface area (Å²) in [4.78, 5) is 15.3. The molecule has 3 aliphatic heterocycles. The molecule has 8 atom stereocenters. The summed E-state index contributed by atoms with van der Waals surface area (Å²) in [5.41, 5.74) is 0.0796. The van der Waals surface area contributed by atoms with Crippen LogP contribution in [0, 0.1) is 35.5 Å². The lowest BCUT2D eigenvalue weighted by Crippen LogP contribution is -2.49. The summed E-state index contributed by atoms with van der Waals surface area (Å²) in [6.07, 6.45) is 6.59. The summed E-state index contributed by atoms with van der Waals surface area (Å²) < 4.78 is 12.2. The number of nitrogens with zero attached hydrogens (tertiary/aromatic N) is 1. The number of likely N-dealkylation sites (tertiary alicyclic amines) is 1. The summed E-state index contributed by atoms with van der Waals surface area (Å²) in [5, 5.41) is 0. The molecule has 2 saturated carbocycles. The van der Waals surface area contributed by atoms with E-state index in [1.165, 1.54) is 25.7 Å². The van der Waals surface area contributed by atoms with Crippen molar-refractivity contribution in [1.29, 1.82) is 0 Å². The second-order valence-electron chi connectivity index (χ2n) is 10.00. The molecule has 5 rings (SSSR count). The fourth-order valence-electron chi connectivity index (χ4n) is 6.60. The smallest absolute Gasteiger partial charge is 0.310 e. The van der Waals surface area contributed by atoms with Gasteiger partial charge in [-0.1, -0.05) is 13.8 Å². The van der Waals surface area contributed by atoms with Gasteiger partial charge in [-0.05, 0) is 69.9 Å². The van der Waals surface area contributed by atoms with Crippen molar-refractivity contribution in [2.24, 2.45) is 35.5 Å². The molecule has 0 amide bonds. The minimum Gasteiger partial charge on any atom is -0.461 e.